The molecule has 0 bridgehead atoms. The van der Waals surface area contributed by atoms with Gasteiger partial charge < -0.3 is 0 Å². The zero-order valence-corrected chi connectivity index (χ0v) is 11.0. The summed E-state index contributed by atoms with van der Waals surface area (Å²) in [7, 11) is 0. The van der Waals surface area contributed by atoms with Gasteiger partial charge in [0.1, 0.15) is 0 Å². The molecule has 0 spiro atoms. The van der Waals surface area contributed by atoms with Crippen molar-refractivity contribution in [2.45, 2.75) is 44.9 Å². The molecule has 0 radical (unpaired) electrons. The maximum Gasteiger partial charge on any atom is 0.0210 e. The Hall–Kier alpha value is -0.300. The van der Waals surface area contributed by atoms with Crippen LogP contribution in [0.15, 0.2) is 28.7 Å². The lowest BCUT2D eigenvalue weighted by molar-refractivity contribution is 0.315. The molecule has 0 nitrogen and oxygen atoms in total. The Morgan fingerprint density at radius 2 is 1.80 bits per heavy atom. The Kier molecular flexibility index (Phi) is 3.85. The average molecular weight is 267 g/mol. The normalized spacial score (nSPS) is 20.1. The molecule has 15 heavy (non-hydrogen) atoms. The van der Waals surface area contributed by atoms with Crippen molar-refractivity contribution in [1.29, 1.82) is 0 Å². The van der Waals surface area contributed by atoms with Crippen LogP contribution in [0.5, 0.6) is 0 Å². The van der Waals surface area contributed by atoms with Crippen molar-refractivity contribution in [3.8, 4) is 0 Å². The average Bonchev–Trinajstić information content (AvgIpc) is 2.30. The summed E-state index contributed by atoms with van der Waals surface area (Å²) in [6.45, 7) is 2.39. The van der Waals surface area contributed by atoms with Crippen molar-refractivity contribution >= 4 is 15.9 Å². The van der Waals surface area contributed by atoms with Gasteiger partial charge >= 0.3 is 0 Å². The molecular weight excluding hydrogens is 248 g/mol. The first-order valence-electron chi connectivity index (χ1n) is 6.03. The molecular formula is C14H19Br. The molecule has 82 valence electrons. The predicted molar refractivity (Wildman–Crippen MR) is 69.1 cm³/mol. The summed E-state index contributed by atoms with van der Waals surface area (Å²) in [5.41, 5.74) is 1.49. The summed E-state index contributed by atoms with van der Waals surface area (Å²) in [4.78, 5) is 0. The second-order valence-electron chi connectivity index (χ2n) is 4.71. The molecule has 1 aliphatic carbocycles. The molecule has 0 N–H and O–H groups in total. The smallest absolute Gasteiger partial charge is 0.0210 e. The van der Waals surface area contributed by atoms with Gasteiger partial charge in [-0.3, -0.25) is 0 Å². The Morgan fingerprint density at radius 1 is 1.13 bits per heavy atom. The van der Waals surface area contributed by atoms with Crippen LogP contribution in [0, 0.1) is 5.92 Å². The van der Waals surface area contributed by atoms with Gasteiger partial charge in [0, 0.05) is 4.47 Å². The van der Waals surface area contributed by atoms with E-state index in [4.69, 9.17) is 0 Å². The van der Waals surface area contributed by atoms with E-state index in [0.717, 1.165) is 5.92 Å². The molecule has 1 unspecified atom stereocenters. The van der Waals surface area contributed by atoms with Gasteiger partial charge in [-0.05, 0) is 36.3 Å². The summed E-state index contributed by atoms with van der Waals surface area (Å²) in [5.74, 6) is 1.61. The van der Waals surface area contributed by atoms with Gasteiger partial charge in [-0.2, -0.15) is 0 Å². The minimum absolute atomic E-state index is 0.709. The van der Waals surface area contributed by atoms with E-state index in [2.05, 4.69) is 47.1 Å². The van der Waals surface area contributed by atoms with Crippen molar-refractivity contribution in [3.63, 3.8) is 0 Å². The molecule has 1 aromatic carbocycles. The van der Waals surface area contributed by atoms with Crippen molar-refractivity contribution in [3.05, 3.63) is 34.3 Å². The van der Waals surface area contributed by atoms with Gasteiger partial charge in [-0.25, -0.2) is 0 Å². The molecule has 1 atom stereocenters. The number of halogens is 1. The fourth-order valence-electron chi connectivity index (χ4n) is 2.73. The first-order valence-corrected chi connectivity index (χ1v) is 6.83. The molecule has 0 aliphatic heterocycles. The van der Waals surface area contributed by atoms with Crippen molar-refractivity contribution in [2.24, 2.45) is 5.92 Å². The predicted octanol–water partition coefficient (Wildman–Crippen LogP) is 5.13. The second kappa shape index (κ2) is 5.16. The van der Waals surface area contributed by atoms with Crippen LogP contribution in [0.2, 0.25) is 0 Å². The lowest BCUT2D eigenvalue weighted by Gasteiger charge is -2.28. The van der Waals surface area contributed by atoms with E-state index in [1.807, 2.05) is 0 Å². The summed E-state index contributed by atoms with van der Waals surface area (Å²) < 4.78 is 1.28. The fraction of sp³-hybridized carbons (Fsp3) is 0.571. The second-order valence-corrected chi connectivity index (χ2v) is 5.56. The van der Waals surface area contributed by atoms with Crippen LogP contribution in [0.25, 0.3) is 0 Å². The van der Waals surface area contributed by atoms with E-state index in [-0.39, 0.29) is 0 Å². The first-order chi connectivity index (χ1) is 7.29. The molecule has 0 saturated heterocycles. The van der Waals surface area contributed by atoms with E-state index < -0.39 is 0 Å². The zero-order valence-electron chi connectivity index (χ0n) is 9.38. The van der Waals surface area contributed by atoms with Crippen LogP contribution in [0.3, 0.4) is 0 Å². The maximum atomic E-state index is 3.66. The quantitative estimate of drug-likeness (QED) is 0.696. The minimum atomic E-state index is 0.709. The first kappa shape index (κ1) is 11.2. The highest BCUT2D eigenvalue weighted by Gasteiger charge is 2.22. The SMILES string of the molecule is CC(c1ccccc1Br)C1CCCCC1. The molecule has 1 aliphatic rings. The van der Waals surface area contributed by atoms with Crippen LogP contribution >= 0.6 is 15.9 Å². The van der Waals surface area contributed by atoms with E-state index >= 15 is 0 Å². The van der Waals surface area contributed by atoms with Crippen LogP contribution in [0.4, 0.5) is 0 Å². The van der Waals surface area contributed by atoms with E-state index in [9.17, 15) is 0 Å². The summed E-state index contributed by atoms with van der Waals surface area (Å²) in [6.07, 6.45) is 7.14. The third-order valence-corrected chi connectivity index (χ3v) is 4.47. The molecule has 2 rings (SSSR count). The van der Waals surface area contributed by atoms with Gasteiger partial charge in [0.05, 0.1) is 0 Å². The van der Waals surface area contributed by atoms with Gasteiger partial charge in [-0.15, -0.1) is 0 Å². The molecule has 0 heterocycles. The highest BCUT2D eigenvalue weighted by Crippen LogP contribution is 2.38. The van der Waals surface area contributed by atoms with E-state index in [0.29, 0.717) is 5.92 Å². The lowest BCUT2D eigenvalue weighted by atomic mass is 9.78. The Labute approximate surface area is 101 Å². The number of hydrogen-bond donors (Lipinski definition) is 0. The van der Waals surface area contributed by atoms with Crippen LogP contribution in [-0.4, -0.2) is 0 Å². The lowest BCUT2D eigenvalue weighted by Crippen LogP contribution is -2.14. The summed E-state index contributed by atoms with van der Waals surface area (Å²) in [5, 5.41) is 0. The Bertz CT molecular complexity index is 313. The topological polar surface area (TPSA) is 0 Å². The van der Waals surface area contributed by atoms with Gasteiger partial charge in [-0.1, -0.05) is 60.3 Å². The molecule has 1 fully saturated rings. The Balaban J connectivity index is 2.12. The van der Waals surface area contributed by atoms with Crippen LogP contribution in [-0.2, 0) is 0 Å². The molecule has 1 heteroatoms. The van der Waals surface area contributed by atoms with Crippen molar-refractivity contribution in [1.82, 2.24) is 0 Å². The largest absolute Gasteiger partial charge is 0.0619 e. The molecule has 1 saturated carbocycles. The zero-order chi connectivity index (χ0) is 10.7. The Morgan fingerprint density at radius 3 is 2.47 bits per heavy atom. The van der Waals surface area contributed by atoms with Gasteiger partial charge in [0.2, 0.25) is 0 Å². The minimum Gasteiger partial charge on any atom is -0.0619 e. The third kappa shape index (κ3) is 2.63. The van der Waals surface area contributed by atoms with Gasteiger partial charge in [0.15, 0.2) is 0 Å². The fourth-order valence-corrected chi connectivity index (χ4v) is 3.38. The summed E-state index contributed by atoms with van der Waals surface area (Å²) in [6, 6.07) is 8.68. The third-order valence-electron chi connectivity index (χ3n) is 3.75. The van der Waals surface area contributed by atoms with Crippen molar-refractivity contribution < 1.29 is 0 Å². The van der Waals surface area contributed by atoms with Gasteiger partial charge in [0.25, 0.3) is 0 Å². The van der Waals surface area contributed by atoms with Crippen molar-refractivity contribution in [2.75, 3.05) is 0 Å². The number of benzene rings is 1. The van der Waals surface area contributed by atoms with Crippen LogP contribution < -0.4 is 0 Å². The van der Waals surface area contributed by atoms with E-state index in [1.54, 1.807) is 0 Å². The number of rotatable bonds is 2. The molecule has 1 aromatic rings. The highest BCUT2D eigenvalue weighted by molar-refractivity contribution is 9.10. The molecule has 0 aromatic heterocycles. The highest BCUT2D eigenvalue weighted by atomic mass is 79.9. The van der Waals surface area contributed by atoms with Crippen LogP contribution in [0.1, 0.15) is 50.5 Å². The molecule has 0 amide bonds. The standard InChI is InChI=1S/C14H19Br/c1-11(12-7-3-2-4-8-12)13-9-5-6-10-14(13)15/h5-6,9-12H,2-4,7-8H2,1H3. The van der Waals surface area contributed by atoms with E-state index in [1.165, 1.54) is 42.1 Å². The summed E-state index contributed by atoms with van der Waals surface area (Å²) >= 11 is 3.66. The maximum absolute atomic E-state index is 3.66. The monoisotopic (exact) mass is 266 g/mol. The number of hydrogen-bond acceptors (Lipinski definition) is 0.